The molecule has 0 rings (SSSR count). The van der Waals surface area contributed by atoms with Crippen molar-refractivity contribution in [3.05, 3.63) is 0 Å². The Bertz CT molecular complexity index is 151. The van der Waals surface area contributed by atoms with Crippen molar-refractivity contribution in [3.63, 3.8) is 0 Å². The summed E-state index contributed by atoms with van der Waals surface area (Å²) in [6.07, 6.45) is 2.62. The average molecular weight is 199 g/mol. The molecule has 0 aliphatic rings. The Hall–Kier alpha value is -0.0400. The van der Waals surface area contributed by atoms with Crippen LogP contribution in [0, 0.1) is 23.2 Å². The van der Waals surface area contributed by atoms with Crippen LogP contribution < -0.4 is 5.73 Å². The molecule has 0 spiro atoms. The molecule has 2 N–H and O–H groups in total. The van der Waals surface area contributed by atoms with Crippen LogP contribution in [0.2, 0.25) is 0 Å². The van der Waals surface area contributed by atoms with Crippen molar-refractivity contribution < 1.29 is 0 Å². The topological polar surface area (TPSA) is 26.0 Å². The highest BCUT2D eigenvalue weighted by molar-refractivity contribution is 4.82. The van der Waals surface area contributed by atoms with Crippen LogP contribution in [0.15, 0.2) is 0 Å². The number of hydrogen-bond donors (Lipinski definition) is 1. The van der Waals surface area contributed by atoms with E-state index >= 15 is 0 Å². The third-order valence-electron chi connectivity index (χ3n) is 4.35. The van der Waals surface area contributed by atoms with Crippen LogP contribution in [-0.4, -0.2) is 6.54 Å². The summed E-state index contributed by atoms with van der Waals surface area (Å²) < 4.78 is 0. The Kier molecular flexibility index (Phi) is 5.73. The van der Waals surface area contributed by atoms with Gasteiger partial charge in [0.25, 0.3) is 0 Å². The lowest BCUT2D eigenvalue weighted by atomic mass is 9.68. The molecule has 0 saturated heterocycles. The van der Waals surface area contributed by atoms with E-state index in [2.05, 4.69) is 41.5 Å². The molecular formula is C13H29N. The maximum Gasteiger partial charge on any atom is -0.00463 e. The molecule has 0 amide bonds. The van der Waals surface area contributed by atoms with Crippen LogP contribution in [-0.2, 0) is 0 Å². The van der Waals surface area contributed by atoms with Crippen molar-refractivity contribution in [2.24, 2.45) is 28.9 Å². The first kappa shape index (κ1) is 14.0. The first-order valence-corrected chi connectivity index (χ1v) is 6.06. The Morgan fingerprint density at radius 2 is 1.57 bits per heavy atom. The van der Waals surface area contributed by atoms with Crippen molar-refractivity contribution in [2.75, 3.05) is 6.54 Å². The van der Waals surface area contributed by atoms with E-state index in [0.717, 1.165) is 18.4 Å². The van der Waals surface area contributed by atoms with Crippen molar-refractivity contribution in [1.82, 2.24) is 0 Å². The fourth-order valence-corrected chi connectivity index (χ4v) is 1.86. The highest BCUT2D eigenvalue weighted by atomic mass is 14.6. The predicted molar refractivity (Wildman–Crippen MR) is 65.2 cm³/mol. The van der Waals surface area contributed by atoms with Crippen LogP contribution in [0.4, 0.5) is 0 Å². The third kappa shape index (κ3) is 3.61. The molecule has 0 saturated carbocycles. The van der Waals surface area contributed by atoms with E-state index < -0.39 is 0 Å². The first-order valence-electron chi connectivity index (χ1n) is 6.06. The normalized spacial score (nSPS) is 19.1. The van der Waals surface area contributed by atoms with Crippen LogP contribution in [0.25, 0.3) is 0 Å². The second-order valence-electron chi connectivity index (χ2n) is 5.61. The molecule has 0 aliphatic heterocycles. The van der Waals surface area contributed by atoms with E-state index in [4.69, 9.17) is 5.73 Å². The zero-order chi connectivity index (χ0) is 11.4. The van der Waals surface area contributed by atoms with Gasteiger partial charge in [0.05, 0.1) is 0 Å². The van der Waals surface area contributed by atoms with E-state index in [-0.39, 0.29) is 0 Å². The van der Waals surface area contributed by atoms with Gasteiger partial charge in [-0.3, -0.25) is 0 Å². The lowest BCUT2D eigenvalue weighted by Crippen LogP contribution is -2.34. The van der Waals surface area contributed by atoms with Crippen molar-refractivity contribution >= 4 is 0 Å². The molecule has 1 nitrogen and oxygen atoms in total. The predicted octanol–water partition coefficient (Wildman–Crippen LogP) is 3.68. The van der Waals surface area contributed by atoms with Crippen molar-refractivity contribution in [3.8, 4) is 0 Å². The number of nitrogens with two attached hydrogens (primary N) is 1. The van der Waals surface area contributed by atoms with Crippen molar-refractivity contribution in [2.45, 2.75) is 54.4 Å². The summed E-state index contributed by atoms with van der Waals surface area (Å²) in [6, 6.07) is 0. The van der Waals surface area contributed by atoms with E-state index in [1.807, 2.05) is 0 Å². The summed E-state index contributed by atoms with van der Waals surface area (Å²) in [7, 11) is 0. The molecule has 86 valence electrons. The Morgan fingerprint density at radius 3 is 1.93 bits per heavy atom. The van der Waals surface area contributed by atoms with Gasteiger partial charge in [0.15, 0.2) is 0 Å². The summed E-state index contributed by atoms with van der Waals surface area (Å²) in [4.78, 5) is 0. The minimum Gasteiger partial charge on any atom is -0.330 e. The smallest absolute Gasteiger partial charge is 0.00463 e. The van der Waals surface area contributed by atoms with E-state index in [9.17, 15) is 0 Å². The molecule has 0 aromatic heterocycles. The van der Waals surface area contributed by atoms with E-state index in [1.54, 1.807) is 0 Å². The van der Waals surface area contributed by atoms with Crippen LogP contribution in [0.3, 0.4) is 0 Å². The molecule has 0 radical (unpaired) electrons. The van der Waals surface area contributed by atoms with Crippen LogP contribution in [0.1, 0.15) is 54.4 Å². The Balaban J connectivity index is 4.27. The molecule has 1 heteroatoms. The van der Waals surface area contributed by atoms with Crippen LogP contribution >= 0.6 is 0 Å². The molecule has 0 heterocycles. The van der Waals surface area contributed by atoms with Gasteiger partial charge in [-0.15, -0.1) is 0 Å². The molecule has 0 aromatic carbocycles. The number of rotatable bonds is 6. The summed E-state index contributed by atoms with van der Waals surface area (Å²) in [5.41, 5.74) is 6.13. The molecule has 0 aromatic rings. The second-order valence-corrected chi connectivity index (χ2v) is 5.61. The molecule has 0 bridgehead atoms. The maximum absolute atomic E-state index is 5.76. The summed E-state index contributed by atoms with van der Waals surface area (Å²) >= 11 is 0. The van der Waals surface area contributed by atoms with Crippen LogP contribution in [0.5, 0.6) is 0 Å². The molecule has 3 atom stereocenters. The summed E-state index contributed by atoms with van der Waals surface area (Å²) in [5, 5.41) is 0. The second kappa shape index (κ2) is 5.75. The average Bonchev–Trinajstić information content (AvgIpc) is 2.15. The molecule has 0 fully saturated rings. The van der Waals surface area contributed by atoms with Gasteiger partial charge < -0.3 is 5.73 Å². The van der Waals surface area contributed by atoms with Gasteiger partial charge in [0.1, 0.15) is 0 Å². The van der Waals surface area contributed by atoms with Gasteiger partial charge in [0, 0.05) is 0 Å². The minimum atomic E-state index is 0.373. The highest BCUT2D eigenvalue weighted by Crippen LogP contribution is 2.38. The molecular weight excluding hydrogens is 170 g/mol. The zero-order valence-electron chi connectivity index (χ0n) is 10.9. The minimum absolute atomic E-state index is 0.373. The van der Waals surface area contributed by atoms with Gasteiger partial charge in [-0.25, -0.2) is 0 Å². The summed E-state index contributed by atoms with van der Waals surface area (Å²) in [5.74, 6) is 2.21. The Labute approximate surface area is 90.5 Å². The fourth-order valence-electron chi connectivity index (χ4n) is 1.86. The van der Waals surface area contributed by atoms with E-state index in [1.165, 1.54) is 12.8 Å². The fraction of sp³-hybridized carbons (Fsp3) is 1.00. The molecule has 14 heavy (non-hydrogen) atoms. The third-order valence-corrected chi connectivity index (χ3v) is 4.35. The largest absolute Gasteiger partial charge is 0.330 e. The van der Waals surface area contributed by atoms with Gasteiger partial charge in [-0.05, 0) is 36.1 Å². The maximum atomic E-state index is 5.76. The van der Waals surface area contributed by atoms with Gasteiger partial charge in [-0.1, -0.05) is 48.0 Å². The lowest BCUT2D eigenvalue weighted by molar-refractivity contribution is 0.122. The highest BCUT2D eigenvalue weighted by Gasteiger charge is 2.31. The SMILES string of the molecule is CC[C@@H](C)CC(C)C(C)(C)[C@H](C)CN. The van der Waals surface area contributed by atoms with Gasteiger partial charge in [-0.2, -0.15) is 0 Å². The molecule has 0 aliphatic carbocycles. The van der Waals surface area contributed by atoms with E-state index in [0.29, 0.717) is 11.3 Å². The lowest BCUT2D eigenvalue weighted by Gasteiger charge is -2.38. The molecule has 1 unspecified atom stereocenters. The zero-order valence-corrected chi connectivity index (χ0v) is 10.9. The standard InChI is InChI=1S/C13H29N/c1-7-10(2)8-11(3)13(5,6)12(4)9-14/h10-12H,7-9,14H2,1-6H3/t10-,11?,12-/m1/s1. The van der Waals surface area contributed by atoms with Crippen molar-refractivity contribution in [1.29, 1.82) is 0 Å². The quantitative estimate of drug-likeness (QED) is 0.694. The monoisotopic (exact) mass is 199 g/mol. The summed E-state index contributed by atoms with van der Waals surface area (Å²) in [6.45, 7) is 14.8. The van der Waals surface area contributed by atoms with Gasteiger partial charge in [0.2, 0.25) is 0 Å². The Morgan fingerprint density at radius 1 is 1.07 bits per heavy atom. The number of hydrogen-bond acceptors (Lipinski definition) is 1. The first-order chi connectivity index (χ1) is 6.36. The van der Waals surface area contributed by atoms with Gasteiger partial charge >= 0.3 is 0 Å².